The number of hydrogen-bond acceptors (Lipinski definition) is 8. The molecule has 2 unspecified atom stereocenters. The maximum Gasteiger partial charge on any atom is 0.398 e. The Bertz CT molecular complexity index is 670. The van der Waals surface area contributed by atoms with Crippen LogP contribution in [-0.2, 0) is 39.5 Å². The number of amides is 1. The van der Waals surface area contributed by atoms with E-state index in [1.54, 1.807) is 27.4 Å². The molecule has 0 saturated carbocycles. The van der Waals surface area contributed by atoms with E-state index in [0.29, 0.717) is 19.0 Å². The average Bonchev–Trinajstić information content (AvgIpc) is 2.71. The molecule has 30 heavy (non-hydrogen) atoms. The van der Waals surface area contributed by atoms with Gasteiger partial charge in [-0.05, 0) is 6.07 Å². The lowest BCUT2D eigenvalue weighted by Crippen LogP contribution is -2.49. The van der Waals surface area contributed by atoms with Crippen molar-refractivity contribution in [2.75, 3.05) is 41.6 Å². The number of methoxy groups -OCH3 is 3. The van der Waals surface area contributed by atoms with Crippen LogP contribution in [0.4, 0.5) is 0 Å². The lowest BCUT2D eigenvalue weighted by Gasteiger charge is -2.39. The van der Waals surface area contributed by atoms with Crippen molar-refractivity contribution >= 4 is 20.5 Å². The Balaban J connectivity index is 0.00000141. The number of rotatable bonds is 8. The van der Waals surface area contributed by atoms with Crippen molar-refractivity contribution in [1.82, 2.24) is 5.32 Å². The molecule has 9 nitrogen and oxygen atoms in total. The first kappa shape index (κ1) is 26.3. The third kappa shape index (κ3) is 8.53. The summed E-state index contributed by atoms with van der Waals surface area (Å²) in [5.74, 6) is -0.105. The monoisotopic (exact) mass is 445 g/mol. The molecule has 2 rings (SSSR count). The number of carbonyl (C=O) groups excluding carboxylic acids is 2. The SMILES string of the molecule is COC.COCc1ccccc1OP1OCC(C)(C)C(C(=O)NCCC(=O)OC)O1. The number of para-hydroxylation sites is 1. The number of esters is 1. The summed E-state index contributed by atoms with van der Waals surface area (Å²) in [5.41, 5.74) is 0.322. The summed E-state index contributed by atoms with van der Waals surface area (Å²) in [7, 11) is 4.42. The normalized spacial score (nSPS) is 19.8. The number of ether oxygens (including phenoxy) is 3. The lowest BCUT2D eigenvalue weighted by molar-refractivity contribution is -0.141. The Morgan fingerprint density at radius 3 is 2.50 bits per heavy atom. The molecule has 1 heterocycles. The van der Waals surface area contributed by atoms with Crippen molar-refractivity contribution in [1.29, 1.82) is 0 Å². The van der Waals surface area contributed by atoms with Crippen molar-refractivity contribution in [2.24, 2.45) is 5.41 Å². The molecule has 0 radical (unpaired) electrons. The van der Waals surface area contributed by atoms with Crippen LogP contribution in [0.5, 0.6) is 5.75 Å². The standard InChI is InChI=1S/C18H26NO7P.C2H6O/c1-18(2)12-24-27(25-14-8-6-5-7-13(14)11-22-3)26-16(18)17(21)19-10-9-15(20)23-4;1-3-2/h5-8,16H,9-12H2,1-4H3,(H,19,21);1-2H3. The largest absolute Gasteiger partial charge is 0.469 e. The first-order chi connectivity index (χ1) is 14.3. The second kappa shape index (κ2) is 13.5. The van der Waals surface area contributed by atoms with Crippen molar-refractivity contribution in [3.05, 3.63) is 29.8 Å². The van der Waals surface area contributed by atoms with E-state index in [1.165, 1.54) is 7.11 Å². The van der Waals surface area contributed by atoms with Gasteiger partial charge in [-0.1, -0.05) is 32.0 Å². The summed E-state index contributed by atoms with van der Waals surface area (Å²) >= 11 is 0. The van der Waals surface area contributed by atoms with Gasteiger partial charge >= 0.3 is 14.6 Å². The van der Waals surface area contributed by atoms with Crippen LogP contribution in [0.3, 0.4) is 0 Å². The van der Waals surface area contributed by atoms with Gasteiger partial charge in [-0.3, -0.25) is 14.1 Å². The van der Waals surface area contributed by atoms with Crippen LogP contribution in [-0.4, -0.2) is 59.6 Å². The van der Waals surface area contributed by atoms with E-state index in [-0.39, 0.29) is 24.8 Å². The van der Waals surface area contributed by atoms with Crippen molar-refractivity contribution < 1.29 is 37.4 Å². The zero-order valence-electron chi connectivity index (χ0n) is 18.4. The fourth-order valence-electron chi connectivity index (χ4n) is 2.44. The summed E-state index contributed by atoms with van der Waals surface area (Å²) in [6.45, 7) is 4.63. The molecule has 0 spiro atoms. The Morgan fingerprint density at radius 2 is 1.87 bits per heavy atom. The molecule has 0 aromatic heterocycles. The maximum atomic E-state index is 12.5. The van der Waals surface area contributed by atoms with Gasteiger partial charge < -0.3 is 28.6 Å². The van der Waals surface area contributed by atoms with Crippen LogP contribution < -0.4 is 9.84 Å². The average molecular weight is 445 g/mol. The highest BCUT2D eigenvalue weighted by atomic mass is 31.2. The van der Waals surface area contributed by atoms with E-state index >= 15 is 0 Å². The maximum absolute atomic E-state index is 12.5. The van der Waals surface area contributed by atoms with Crippen LogP contribution in [0.2, 0.25) is 0 Å². The summed E-state index contributed by atoms with van der Waals surface area (Å²) in [6.07, 6.45) is -0.661. The topological polar surface area (TPSA) is 102 Å². The zero-order chi connectivity index (χ0) is 22.6. The van der Waals surface area contributed by atoms with Gasteiger partial charge in [0, 0.05) is 38.9 Å². The van der Waals surface area contributed by atoms with Crippen LogP contribution in [0, 0.1) is 5.41 Å². The predicted molar refractivity (Wildman–Crippen MR) is 112 cm³/mol. The fourth-order valence-corrected chi connectivity index (χ4v) is 3.92. The molecule has 1 aromatic rings. The molecule has 1 aliphatic heterocycles. The summed E-state index contributed by atoms with van der Waals surface area (Å²) in [4.78, 5) is 23.7. The number of benzene rings is 1. The van der Waals surface area contributed by atoms with Gasteiger partial charge in [0.25, 0.3) is 0 Å². The molecular formula is C20H32NO8P. The highest BCUT2D eigenvalue weighted by Gasteiger charge is 2.45. The predicted octanol–water partition coefficient (Wildman–Crippen LogP) is 2.82. The highest BCUT2D eigenvalue weighted by Crippen LogP contribution is 2.50. The van der Waals surface area contributed by atoms with E-state index in [2.05, 4.69) is 14.8 Å². The first-order valence-electron chi connectivity index (χ1n) is 9.38. The second-order valence-electron chi connectivity index (χ2n) is 7.13. The molecule has 2 atom stereocenters. The summed E-state index contributed by atoms with van der Waals surface area (Å²) < 4.78 is 31.4. The second-order valence-corrected chi connectivity index (χ2v) is 8.23. The highest BCUT2D eigenvalue weighted by molar-refractivity contribution is 7.42. The summed E-state index contributed by atoms with van der Waals surface area (Å²) in [6, 6.07) is 7.42. The van der Waals surface area contributed by atoms with Crippen molar-refractivity contribution in [2.45, 2.75) is 33.0 Å². The minimum atomic E-state index is -1.74. The Hall–Kier alpha value is -1.77. The molecule has 170 valence electrons. The van der Waals surface area contributed by atoms with Gasteiger partial charge in [-0.25, -0.2) is 0 Å². The van der Waals surface area contributed by atoms with E-state index in [1.807, 2.05) is 32.0 Å². The van der Waals surface area contributed by atoms with Crippen LogP contribution in [0.25, 0.3) is 0 Å². The number of carbonyl (C=O) groups is 2. The minimum absolute atomic E-state index is 0.0988. The smallest absolute Gasteiger partial charge is 0.398 e. The molecular weight excluding hydrogens is 413 g/mol. The quantitative estimate of drug-likeness (QED) is 0.482. The molecule has 10 heteroatoms. The van der Waals surface area contributed by atoms with Crippen molar-refractivity contribution in [3.63, 3.8) is 0 Å². The van der Waals surface area contributed by atoms with Gasteiger partial charge in [0.1, 0.15) is 5.75 Å². The van der Waals surface area contributed by atoms with Gasteiger partial charge in [0.05, 0.1) is 26.7 Å². The summed E-state index contributed by atoms with van der Waals surface area (Å²) in [5, 5.41) is 2.70. The molecule has 1 saturated heterocycles. The fraction of sp³-hybridized carbons (Fsp3) is 0.600. The van der Waals surface area contributed by atoms with Crippen LogP contribution >= 0.6 is 8.60 Å². The third-order valence-corrected chi connectivity index (χ3v) is 5.05. The number of hydrogen-bond donors (Lipinski definition) is 1. The molecule has 0 aliphatic carbocycles. The van der Waals surface area contributed by atoms with E-state index in [0.717, 1.165) is 5.56 Å². The molecule has 1 aliphatic rings. The molecule has 1 fully saturated rings. The van der Waals surface area contributed by atoms with Crippen LogP contribution in [0.15, 0.2) is 24.3 Å². The zero-order valence-corrected chi connectivity index (χ0v) is 19.3. The van der Waals surface area contributed by atoms with E-state index < -0.39 is 20.1 Å². The lowest BCUT2D eigenvalue weighted by atomic mass is 9.87. The minimum Gasteiger partial charge on any atom is -0.469 e. The van der Waals surface area contributed by atoms with Gasteiger partial charge in [0.2, 0.25) is 5.91 Å². The van der Waals surface area contributed by atoms with E-state index in [9.17, 15) is 9.59 Å². The van der Waals surface area contributed by atoms with Crippen LogP contribution in [0.1, 0.15) is 25.8 Å². The molecule has 1 N–H and O–H groups in total. The Labute approximate surface area is 179 Å². The molecule has 1 aromatic carbocycles. The molecule has 0 bridgehead atoms. The Kier molecular flexibility index (Phi) is 11.8. The number of nitrogens with one attached hydrogen (secondary N) is 1. The van der Waals surface area contributed by atoms with Gasteiger partial charge in [-0.2, -0.15) is 0 Å². The van der Waals surface area contributed by atoms with Gasteiger partial charge in [0.15, 0.2) is 6.10 Å². The van der Waals surface area contributed by atoms with E-state index in [4.69, 9.17) is 18.3 Å². The molecule has 1 amide bonds. The first-order valence-corrected chi connectivity index (χ1v) is 10.5. The van der Waals surface area contributed by atoms with Gasteiger partial charge in [-0.15, -0.1) is 0 Å². The van der Waals surface area contributed by atoms with Crippen molar-refractivity contribution in [3.8, 4) is 5.75 Å². The third-order valence-electron chi connectivity index (χ3n) is 3.98. The Morgan fingerprint density at radius 1 is 1.20 bits per heavy atom.